The van der Waals surface area contributed by atoms with Gasteiger partial charge in [-0.15, -0.1) is 0 Å². The molecule has 4 atom stereocenters. The zero-order valence-electron chi connectivity index (χ0n) is 18.7. The number of carbonyl (C=O) groups is 1. The molecule has 166 valence electrons. The Kier molecular flexibility index (Phi) is 6.08. The second kappa shape index (κ2) is 8.49. The van der Waals surface area contributed by atoms with Crippen molar-refractivity contribution in [2.45, 2.75) is 66.0 Å². The third kappa shape index (κ3) is 4.34. The highest BCUT2D eigenvalue weighted by molar-refractivity contribution is 9.10. The van der Waals surface area contributed by atoms with E-state index in [0.717, 1.165) is 35.2 Å². The lowest BCUT2D eigenvalue weighted by atomic mass is 9.45. The SMILES string of the molecule is Cc1cc(CCC(=O)Cn2ncc(N[C@@H]3C[C@@H]4C[C@H]([C@H]3C)C4(C)C)c(Br)c2=O)ccn1. The third-order valence-corrected chi connectivity index (χ3v) is 8.43. The van der Waals surface area contributed by atoms with Crippen LogP contribution in [0.5, 0.6) is 0 Å². The highest BCUT2D eigenvalue weighted by atomic mass is 79.9. The maximum Gasteiger partial charge on any atom is 0.283 e. The van der Waals surface area contributed by atoms with Crippen molar-refractivity contribution < 1.29 is 4.79 Å². The maximum atomic E-state index is 12.8. The maximum absolute atomic E-state index is 12.8. The molecule has 31 heavy (non-hydrogen) atoms. The molecule has 5 rings (SSSR count). The Morgan fingerprint density at radius 3 is 2.81 bits per heavy atom. The van der Waals surface area contributed by atoms with Crippen LogP contribution >= 0.6 is 15.9 Å². The van der Waals surface area contributed by atoms with Gasteiger partial charge >= 0.3 is 0 Å². The molecule has 3 saturated carbocycles. The van der Waals surface area contributed by atoms with E-state index in [-0.39, 0.29) is 17.9 Å². The number of carbonyl (C=O) groups excluding carboxylic acids is 1. The fourth-order valence-electron chi connectivity index (χ4n) is 5.51. The molecule has 2 bridgehead atoms. The molecule has 0 aromatic carbocycles. The Morgan fingerprint density at radius 2 is 2.13 bits per heavy atom. The van der Waals surface area contributed by atoms with Crippen LogP contribution in [0.15, 0.2) is 33.8 Å². The van der Waals surface area contributed by atoms with Crippen LogP contribution in [0.2, 0.25) is 0 Å². The summed E-state index contributed by atoms with van der Waals surface area (Å²) in [6.45, 7) is 8.99. The van der Waals surface area contributed by atoms with E-state index >= 15 is 0 Å². The fraction of sp³-hybridized carbons (Fsp3) is 0.583. The van der Waals surface area contributed by atoms with Gasteiger partial charge in [0.1, 0.15) is 11.0 Å². The molecule has 0 radical (unpaired) electrons. The number of hydrogen-bond acceptors (Lipinski definition) is 5. The fourth-order valence-corrected chi connectivity index (χ4v) is 5.93. The lowest BCUT2D eigenvalue weighted by Gasteiger charge is -2.62. The van der Waals surface area contributed by atoms with Crippen LogP contribution in [-0.4, -0.2) is 26.6 Å². The van der Waals surface area contributed by atoms with E-state index in [4.69, 9.17) is 0 Å². The number of nitrogens with zero attached hydrogens (tertiary/aromatic N) is 3. The number of hydrogen-bond donors (Lipinski definition) is 1. The van der Waals surface area contributed by atoms with Crippen LogP contribution in [0, 0.1) is 30.1 Å². The molecule has 0 unspecified atom stereocenters. The molecule has 3 aliphatic rings. The second-order valence-corrected chi connectivity index (χ2v) is 10.7. The first-order valence-electron chi connectivity index (χ1n) is 11.1. The number of fused-ring (bicyclic) bond motifs is 2. The quantitative estimate of drug-likeness (QED) is 0.627. The van der Waals surface area contributed by atoms with Crippen LogP contribution in [0.1, 0.15) is 51.3 Å². The van der Waals surface area contributed by atoms with Gasteiger partial charge in [-0.1, -0.05) is 20.8 Å². The molecule has 0 saturated heterocycles. The van der Waals surface area contributed by atoms with E-state index in [0.29, 0.717) is 34.7 Å². The van der Waals surface area contributed by atoms with Gasteiger partial charge in [0, 0.05) is 24.4 Å². The molecule has 0 spiro atoms. The molecule has 2 heterocycles. The lowest BCUT2D eigenvalue weighted by Crippen LogP contribution is -2.58. The molecular formula is C24H31BrN4O2. The van der Waals surface area contributed by atoms with Crippen molar-refractivity contribution in [3.8, 4) is 0 Å². The number of anilines is 1. The molecule has 3 fully saturated rings. The number of nitrogens with one attached hydrogen (secondary N) is 1. The number of halogens is 1. The van der Waals surface area contributed by atoms with Gasteiger partial charge in [-0.2, -0.15) is 5.10 Å². The van der Waals surface area contributed by atoms with Crippen LogP contribution < -0.4 is 10.9 Å². The summed E-state index contributed by atoms with van der Waals surface area (Å²) in [7, 11) is 0. The van der Waals surface area contributed by atoms with Crippen molar-refractivity contribution in [1.29, 1.82) is 0 Å². The van der Waals surface area contributed by atoms with Crippen LogP contribution in [0.3, 0.4) is 0 Å². The molecule has 2 aromatic heterocycles. The average molecular weight is 487 g/mol. The van der Waals surface area contributed by atoms with Gasteiger partial charge in [0.25, 0.3) is 5.56 Å². The number of Topliss-reactive ketones (excluding diaryl/α,β-unsaturated/α-hetero) is 1. The minimum atomic E-state index is -0.271. The van der Waals surface area contributed by atoms with Gasteiger partial charge in [0.2, 0.25) is 0 Å². The standard InChI is InChI=1S/C24H31BrN4O2/c1-14-9-16(7-8-26-14)5-6-18(30)13-29-23(31)22(25)21(12-27-29)28-20-11-17-10-19(15(20)2)24(17,3)4/h7-9,12,15,17,19-20,28H,5-6,10-11,13H2,1-4H3/t15-,17+,19-,20-/m1/s1. The normalized spacial score (nSPS) is 26.2. The van der Waals surface area contributed by atoms with Gasteiger partial charge in [-0.3, -0.25) is 14.6 Å². The van der Waals surface area contributed by atoms with Gasteiger partial charge in [0.05, 0.1) is 11.9 Å². The van der Waals surface area contributed by atoms with Crippen molar-refractivity contribution in [3.63, 3.8) is 0 Å². The van der Waals surface area contributed by atoms with Crippen LogP contribution in [0.4, 0.5) is 5.69 Å². The summed E-state index contributed by atoms with van der Waals surface area (Å²) in [5.74, 6) is 1.99. The van der Waals surface area contributed by atoms with Gasteiger partial charge in [-0.25, -0.2) is 4.68 Å². The zero-order chi connectivity index (χ0) is 22.3. The van der Waals surface area contributed by atoms with Gasteiger partial charge < -0.3 is 5.32 Å². The Bertz CT molecular complexity index is 1050. The minimum absolute atomic E-state index is 0.0139. The van der Waals surface area contributed by atoms with Crippen LogP contribution in [0.25, 0.3) is 0 Å². The minimum Gasteiger partial charge on any atom is -0.380 e. The molecule has 7 heteroatoms. The first kappa shape index (κ1) is 22.2. The predicted molar refractivity (Wildman–Crippen MR) is 125 cm³/mol. The summed E-state index contributed by atoms with van der Waals surface area (Å²) < 4.78 is 1.70. The monoisotopic (exact) mass is 486 g/mol. The summed E-state index contributed by atoms with van der Waals surface area (Å²) in [6, 6.07) is 4.24. The third-order valence-electron chi connectivity index (χ3n) is 7.66. The van der Waals surface area contributed by atoms with Crippen molar-refractivity contribution in [3.05, 3.63) is 50.6 Å². The van der Waals surface area contributed by atoms with Gasteiger partial charge in [0.15, 0.2) is 5.78 Å². The second-order valence-electron chi connectivity index (χ2n) is 9.89. The molecular weight excluding hydrogens is 456 g/mol. The van der Waals surface area contributed by atoms with Crippen molar-refractivity contribution >= 4 is 27.4 Å². The molecule has 3 aliphatic carbocycles. The lowest BCUT2D eigenvalue weighted by molar-refractivity contribution is -0.119. The Hall–Kier alpha value is -2.02. The summed E-state index contributed by atoms with van der Waals surface area (Å²) in [5.41, 5.74) is 2.88. The molecule has 2 aromatic rings. The smallest absolute Gasteiger partial charge is 0.283 e. The molecule has 1 N–H and O–H groups in total. The first-order valence-corrected chi connectivity index (χ1v) is 11.9. The Morgan fingerprint density at radius 1 is 1.35 bits per heavy atom. The van der Waals surface area contributed by atoms with E-state index in [1.807, 2.05) is 19.1 Å². The number of rotatable bonds is 7. The van der Waals surface area contributed by atoms with Crippen LogP contribution in [-0.2, 0) is 17.8 Å². The predicted octanol–water partition coefficient (Wildman–Crippen LogP) is 4.39. The first-order chi connectivity index (χ1) is 14.7. The average Bonchev–Trinajstić information content (AvgIpc) is 2.73. The number of ketones is 1. The van der Waals surface area contributed by atoms with E-state index in [9.17, 15) is 9.59 Å². The van der Waals surface area contributed by atoms with E-state index in [2.05, 4.69) is 52.1 Å². The summed E-state index contributed by atoms with van der Waals surface area (Å²) in [6.07, 6.45) is 6.86. The Balaban J connectivity index is 1.38. The van der Waals surface area contributed by atoms with Crippen molar-refractivity contribution in [2.24, 2.45) is 23.2 Å². The molecule has 6 nitrogen and oxygen atoms in total. The highest BCUT2D eigenvalue weighted by Gasteiger charge is 2.56. The van der Waals surface area contributed by atoms with Crippen molar-refractivity contribution in [1.82, 2.24) is 14.8 Å². The van der Waals surface area contributed by atoms with Crippen molar-refractivity contribution in [2.75, 3.05) is 5.32 Å². The van der Waals surface area contributed by atoms with E-state index < -0.39 is 0 Å². The summed E-state index contributed by atoms with van der Waals surface area (Å²) in [4.78, 5) is 29.4. The topological polar surface area (TPSA) is 76.9 Å². The number of aryl methyl sites for hydroxylation is 2. The number of aromatic nitrogens is 3. The summed E-state index contributed by atoms with van der Waals surface area (Å²) in [5, 5.41) is 7.84. The summed E-state index contributed by atoms with van der Waals surface area (Å²) >= 11 is 3.45. The van der Waals surface area contributed by atoms with Gasteiger partial charge in [-0.05, 0) is 83.0 Å². The van der Waals surface area contributed by atoms with E-state index in [1.54, 1.807) is 12.4 Å². The largest absolute Gasteiger partial charge is 0.380 e. The number of pyridine rings is 1. The zero-order valence-corrected chi connectivity index (χ0v) is 20.3. The Labute approximate surface area is 192 Å². The molecule has 0 amide bonds. The van der Waals surface area contributed by atoms with E-state index in [1.165, 1.54) is 11.1 Å². The highest BCUT2D eigenvalue weighted by Crippen LogP contribution is 2.61. The molecule has 0 aliphatic heterocycles.